The van der Waals surface area contributed by atoms with Gasteiger partial charge in [0, 0.05) is 54.0 Å². The fraction of sp³-hybridized carbons (Fsp3) is 0.531. The first kappa shape index (κ1) is 29.9. The van der Waals surface area contributed by atoms with Gasteiger partial charge < -0.3 is 15.2 Å². The van der Waals surface area contributed by atoms with Gasteiger partial charge in [0.15, 0.2) is 0 Å². The molecule has 5 heterocycles. The summed E-state index contributed by atoms with van der Waals surface area (Å²) < 4.78 is 40.9. The van der Waals surface area contributed by atoms with E-state index in [9.17, 15) is 18.4 Å². The van der Waals surface area contributed by atoms with Crippen molar-refractivity contribution in [2.45, 2.75) is 83.7 Å². The summed E-state index contributed by atoms with van der Waals surface area (Å²) in [5.41, 5.74) is 4.39. The number of halogens is 3. The van der Waals surface area contributed by atoms with E-state index in [2.05, 4.69) is 68.2 Å². The minimum absolute atomic E-state index is 0.194. The first-order valence-electron chi connectivity index (χ1n) is 15.2. The highest BCUT2D eigenvalue weighted by Gasteiger charge is 2.29. The maximum atomic E-state index is 12.9. The van der Waals surface area contributed by atoms with Crippen molar-refractivity contribution in [1.82, 2.24) is 24.8 Å². The third-order valence-corrected chi connectivity index (χ3v) is 10.2. The molecule has 0 radical (unpaired) electrons. The van der Waals surface area contributed by atoms with Crippen LogP contribution in [0, 0.1) is 24.2 Å². The van der Waals surface area contributed by atoms with Crippen molar-refractivity contribution in [1.29, 1.82) is 5.26 Å². The zero-order valence-electron chi connectivity index (χ0n) is 24.7. The number of piperidine rings is 2. The number of rotatable bonds is 8. The molecule has 2 aliphatic heterocycles. The van der Waals surface area contributed by atoms with Gasteiger partial charge in [0.2, 0.25) is 0 Å². The van der Waals surface area contributed by atoms with Crippen LogP contribution in [0.15, 0.2) is 30.6 Å². The Labute approximate surface area is 254 Å². The van der Waals surface area contributed by atoms with Gasteiger partial charge in [0.25, 0.3) is 0 Å². The Morgan fingerprint density at radius 3 is 2.70 bits per heavy atom. The number of anilines is 1. The van der Waals surface area contributed by atoms with E-state index in [1.165, 1.54) is 30.3 Å². The SMILES string of the molecule is Cc1c(CN2CCC(Nc3ncnc4sc(CC(F)(F)F)cc34)CC2)ccc2c1cc(C#N)n2CCC1CCNC(C)C1. The van der Waals surface area contributed by atoms with Crippen LogP contribution in [0.3, 0.4) is 0 Å². The number of nitrogens with zero attached hydrogens (tertiary/aromatic N) is 5. The number of aromatic nitrogens is 3. The largest absolute Gasteiger partial charge is 0.393 e. The summed E-state index contributed by atoms with van der Waals surface area (Å²) in [5.74, 6) is 1.30. The second-order valence-corrected chi connectivity index (χ2v) is 13.4. The molecule has 0 saturated carbocycles. The second-order valence-electron chi connectivity index (χ2n) is 12.3. The van der Waals surface area contributed by atoms with Crippen molar-refractivity contribution in [3.8, 4) is 6.07 Å². The van der Waals surface area contributed by atoms with E-state index in [1.54, 1.807) is 6.07 Å². The molecule has 2 saturated heterocycles. The van der Waals surface area contributed by atoms with Crippen LogP contribution in [0.5, 0.6) is 0 Å². The van der Waals surface area contributed by atoms with Crippen molar-refractivity contribution in [2.75, 3.05) is 25.0 Å². The van der Waals surface area contributed by atoms with Gasteiger partial charge in [-0.1, -0.05) is 6.07 Å². The molecule has 11 heteroatoms. The summed E-state index contributed by atoms with van der Waals surface area (Å²) in [5, 5.41) is 18.7. The molecule has 2 fully saturated rings. The molecule has 2 unspecified atom stereocenters. The number of likely N-dealkylation sites (tertiary alicyclic amines) is 1. The number of aryl methyl sites for hydroxylation is 2. The average Bonchev–Trinajstić information content (AvgIpc) is 3.55. The number of fused-ring (bicyclic) bond motifs is 2. The molecule has 228 valence electrons. The van der Waals surface area contributed by atoms with Gasteiger partial charge in [-0.25, -0.2) is 9.97 Å². The van der Waals surface area contributed by atoms with Gasteiger partial charge in [0.05, 0.1) is 11.8 Å². The Balaban J connectivity index is 1.08. The number of alkyl halides is 3. The summed E-state index contributed by atoms with van der Waals surface area (Å²) in [7, 11) is 0. The van der Waals surface area contributed by atoms with Crippen LogP contribution in [0.2, 0.25) is 0 Å². The predicted molar refractivity (Wildman–Crippen MR) is 165 cm³/mol. The van der Waals surface area contributed by atoms with Crippen LogP contribution in [-0.4, -0.2) is 57.3 Å². The molecule has 7 nitrogen and oxygen atoms in total. The summed E-state index contributed by atoms with van der Waals surface area (Å²) >= 11 is 1.08. The lowest BCUT2D eigenvalue weighted by atomic mass is 9.90. The molecule has 1 aromatic carbocycles. The first-order valence-corrected chi connectivity index (χ1v) is 16.0. The van der Waals surface area contributed by atoms with Gasteiger partial charge in [-0.2, -0.15) is 18.4 Å². The summed E-state index contributed by atoms with van der Waals surface area (Å²) in [4.78, 5) is 11.8. The van der Waals surface area contributed by atoms with Crippen LogP contribution in [0.4, 0.5) is 19.0 Å². The van der Waals surface area contributed by atoms with E-state index in [0.29, 0.717) is 28.0 Å². The smallest absolute Gasteiger partial charge is 0.367 e. The van der Waals surface area contributed by atoms with Crippen molar-refractivity contribution in [3.63, 3.8) is 0 Å². The molecule has 6 rings (SSSR count). The third kappa shape index (κ3) is 6.82. The zero-order valence-corrected chi connectivity index (χ0v) is 25.5. The number of hydrogen-bond acceptors (Lipinski definition) is 7. The molecule has 2 N–H and O–H groups in total. The number of benzene rings is 1. The van der Waals surface area contributed by atoms with Crippen LogP contribution in [0.1, 0.15) is 60.7 Å². The summed E-state index contributed by atoms with van der Waals surface area (Å²) in [6, 6.07) is 11.2. The quantitative estimate of drug-likeness (QED) is 0.229. The van der Waals surface area contributed by atoms with Gasteiger partial charge in [-0.3, -0.25) is 4.90 Å². The van der Waals surface area contributed by atoms with Crippen molar-refractivity contribution in [2.24, 2.45) is 5.92 Å². The van der Waals surface area contributed by atoms with E-state index in [1.807, 2.05) is 0 Å². The Hall–Kier alpha value is -3.20. The normalized spacial score (nSPS) is 20.6. The number of hydrogen-bond donors (Lipinski definition) is 2. The number of nitriles is 1. The Morgan fingerprint density at radius 2 is 1.95 bits per heavy atom. The molecular weight excluding hydrogens is 571 g/mol. The lowest BCUT2D eigenvalue weighted by Crippen LogP contribution is -2.39. The highest BCUT2D eigenvalue weighted by atomic mass is 32.1. The minimum atomic E-state index is -4.24. The molecule has 0 spiro atoms. The second kappa shape index (κ2) is 12.4. The van der Waals surface area contributed by atoms with E-state index in [0.717, 1.165) is 79.9 Å². The van der Waals surface area contributed by atoms with Crippen molar-refractivity contribution >= 4 is 38.3 Å². The standard InChI is InChI=1S/C32H38F3N7S/c1-20-13-22(5-9-37-20)6-12-42-25(17-36)14-27-21(2)23(3-4-29(27)42)18-41-10-7-24(8-11-41)40-30-28-15-26(16-32(33,34)35)43-31(28)39-19-38-30/h3-4,14-15,19-20,22,24,37H,5-13,16,18H2,1-2H3,(H,38,39,40). The van der Waals surface area contributed by atoms with E-state index >= 15 is 0 Å². The third-order valence-electron chi connectivity index (χ3n) is 9.15. The van der Waals surface area contributed by atoms with Crippen molar-refractivity contribution in [3.05, 3.63) is 52.3 Å². The highest BCUT2D eigenvalue weighted by Crippen LogP contribution is 2.34. The minimum Gasteiger partial charge on any atom is -0.367 e. The highest BCUT2D eigenvalue weighted by molar-refractivity contribution is 7.18. The Bertz CT molecular complexity index is 1630. The lowest BCUT2D eigenvalue weighted by Gasteiger charge is -2.33. The molecule has 43 heavy (non-hydrogen) atoms. The van der Waals surface area contributed by atoms with Crippen LogP contribution in [-0.2, 0) is 19.5 Å². The van der Waals surface area contributed by atoms with Crippen LogP contribution >= 0.6 is 11.3 Å². The molecular formula is C32H38F3N7S. The van der Waals surface area contributed by atoms with Crippen molar-refractivity contribution < 1.29 is 13.2 Å². The van der Waals surface area contributed by atoms with Crippen LogP contribution in [0.25, 0.3) is 21.1 Å². The van der Waals surface area contributed by atoms with Gasteiger partial charge in [-0.15, -0.1) is 11.3 Å². The molecule has 2 aliphatic rings. The topological polar surface area (TPSA) is 81.8 Å². The van der Waals surface area contributed by atoms with E-state index < -0.39 is 12.6 Å². The first-order chi connectivity index (χ1) is 20.7. The van der Waals surface area contributed by atoms with Crippen LogP contribution < -0.4 is 10.6 Å². The summed E-state index contributed by atoms with van der Waals surface area (Å²) in [6.45, 7) is 9.03. The molecule has 4 aromatic rings. The monoisotopic (exact) mass is 609 g/mol. The van der Waals surface area contributed by atoms with E-state index in [4.69, 9.17) is 0 Å². The zero-order chi connectivity index (χ0) is 30.1. The fourth-order valence-electron chi connectivity index (χ4n) is 6.81. The molecule has 0 amide bonds. The van der Waals surface area contributed by atoms with Gasteiger partial charge in [0.1, 0.15) is 28.7 Å². The average molecular weight is 610 g/mol. The maximum absolute atomic E-state index is 12.9. The number of thiophene rings is 1. The maximum Gasteiger partial charge on any atom is 0.393 e. The molecule has 0 bridgehead atoms. The summed E-state index contributed by atoms with van der Waals surface area (Å²) in [6.07, 6.45) is 1.54. The molecule has 0 aliphatic carbocycles. The van der Waals surface area contributed by atoms with Gasteiger partial charge >= 0.3 is 6.18 Å². The molecule has 3 aromatic heterocycles. The van der Waals surface area contributed by atoms with Gasteiger partial charge in [-0.05, 0) is 87.7 Å². The fourth-order valence-corrected chi connectivity index (χ4v) is 7.84. The number of nitrogens with one attached hydrogen (secondary N) is 2. The molecule has 2 atom stereocenters. The Morgan fingerprint density at radius 1 is 1.14 bits per heavy atom. The predicted octanol–water partition coefficient (Wildman–Crippen LogP) is 6.79. The lowest BCUT2D eigenvalue weighted by molar-refractivity contribution is -0.126. The Kier molecular flexibility index (Phi) is 8.63. The van der Waals surface area contributed by atoms with E-state index in [-0.39, 0.29) is 10.9 Å².